The van der Waals surface area contributed by atoms with Crippen LogP contribution >= 0.6 is 11.8 Å². The molecule has 1 nitrogen and oxygen atoms in total. The molecule has 0 aliphatic carbocycles. The van der Waals surface area contributed by atoms with E-state index in [2.05, 4.69) is 51.0 Å². The monoisotopic (exact) mass is 247 g/mol. The highest BCUT2D eigenvalue weighted by atomic mass is 32.2. The van der Waals surface area contributed by atoms with Crippen LogP contribution < -0.4 is 5.73 Å². The van der Waals surface area contributed by atoms with Crippen molar-refractivity contribution in [1.82, 2.24) is 0 Å². The average Bonchev–Trinajstić information content (AvgIpc) is 2.27. The Hall–Kier alpha value is -0.910. The summed E-state index contributed by atoms with van der Waals surface area (Å²) in [6.07, 6.45) is 2.79. The van der Waals surface area contributed by atoms with E-state index in [0.29, 0.717) is 0 Å². The molecule has 0 heterocycles. The predicted molar refractivity (Wildman–Crippen MR) is 77.0 cm³/mol. The largest absolute Gasteiger partial charge is 0.323 e. The zero-order chi connectivity index (χ0) is 12.9. The Bertz CT molecular complexity index is 421. The molecule has 1 unspecified atom stereocenters. The summed E-state index contributed by atoms with van der Waals surface area (Å²) in [4.78, 5) is 1.25. The molecule has 0 aliphatic rings. The molecule has 1 atom stereocenters. The lowest BCUT2D eigenvalue weighted by Gasteiger charge is -2.13. The van der Waals surface area contributed by atoms with Gasteiger partial charge in [0.05, 0.1) is 0 Å². The second-order valence-electron chi connectivity index (χ2n) is 5.10. The summed E-state index contributed by atoms with van der Waals surface area (Å²) in [7, 11) is 0. The fraction of sp³-hybridized carbons (Fsp3) is 0.467. The molecule has 0 aromatic heterocycles. The first-order chi connectivity index (χ1) is 7.94. The molecule has 0 amide bonds. The summed E-state index contributed by atoms with van der Waals surface area (Å²) < 4.78 is 0. The Balaban J connectivity index is 2.75. The van der Waals surface area contributed by atoms with E-state index in [0.717, 1.165) is 6.42 Å². The predicted octanol–water partition coefficient (Wildman–Crippen LogP) is 3.85. The molecule has 0 aliphatic heterocycles. The van der Waals surface area contributed by atoms with E-state index < -0.39 is 0 Å². The van der Waals surface area contributed by atoms with Gasteiger partial charge in [-0.25, -0.2) is 0 Å². The lowest BCUT2D eigenvalue weighted by Crippen LogP contribution is -2.10. The van der Waals surface area contributed by atoms with E-state index in [-0.39, 0.29) is 11.5 Å². The normalized spacial score (nSPS) is 12.8. The lowest BCUT2D eigenvalue weighted by molar-refractivity contribution is 0.569. The Labute approximate surface area is 109 Å². The molecule has 2 heteroatoms. The SMILES string of the molecule is CSc1ccccc1C(N)CC#CC(C)(C)C. The van der Waals surface area contributed by atoms with Crippen LogP contribution in [0.3, 0.4) is 0 Å². The van der Waals surface area contributed by atoms with Crippen molar-refractivity contribution in [3.8, 4) is 11.8 Å². The topological polar surface area (TPSA) is 26.0 Å². The third kappa shape index (κ3) is 4.85. The maximum atomic E-state index is 6.18. The summed E-state index contributed by atoms with van der Waals surface area (Å²) in [6, 6.07) is 8.29. The van der Waals surface area contributed by atoms with Crippen LogP contribution in [0.25, 0.3) is 0 Å². The fourth-order valence-corrected chi connectivity index (χ4v) is 2.18. The molecule has 1 rings (SSSR count). The average molecular weight is 247 g/mol. The number of benzene rings is 1. The van der Waals surface area contributed by atoms with Crippen LogP contribution in [0, 0.1) is 17.3 Å². The maximum absolute atomic E-state index is 6.18. The molecule has 0 bridgehead atoms. The van der Waals surface area contributed by atoms with Gasteiger partial charge in [0, 0.05) is 22.8 Å². The molecule has 1 aromatic rings. The highest BCUT2D eigenvalue weighted by Gasteiger charge is 2.09. The molecule has 0 saturated heterocycles. The van der Waals surface area contributed by atoms with Crippen molar-refractivity contribution in [2.24, 2.45) is 11.1 Å². The molecule has 0 fully saturated rings. The van der Waals surface area contributed by atoms with Crippen molar-refractivity contribution in [1.29, 1.82) is 0 Å². The van der Waals surface area contributed by atoms with E-state index in [1.807, 2.05) is 12.1 Å². The van der Waals surface area contributed by atoms with Gasteiger partial charge in [-0.05, 0) is 38.7 Å². The van der Waals surface area contributed by atoms with Crippen LogP contribution in [-0.4, -0.2) is 6.26 Å². The van der Waals surface area contributed by atoms with Gasteiger partial charge < -0.3 is 5.73 Å². The minimum atomic E-state index is 0.00787. The zero-order valence-corrected chi connectivity index (χ0v) is 11.9. The second kappa shape index (κ2) is 6.14. The van der Waals surface area contributed by atoms with Gasteiger partial charge >= 0.3 is 0 Å². The Kier molecular flexibility index (Phi) is 5.11. The summed E-state index contributed by atoms with van der Waals surface area (Å²) in [5.41, 5.74) is 7.44. The highest BCUT2D eigenvalue weighted by molar-refractivity contribution is 7.98. The Morgan fingerprint density at radius 3 is 2.53 bits per heavy atom. The molecule has 17 heavy (non-hydrogen) atoms. The molecule has 92 valence electrons. The van der Waals surface area contributed by atoms with Gasteiger partial charge in [-0.2, -0.15) is 0 Å². The number of thioether (sulfide) groups is 1. The summed E-state index contributed by atoms with van der Waals surface area (Å²) >= 11 is 1.73. The van der Waals surface area contributed by atoms with E-state index in [9.17, 15) is 0 Å². The van der Waals surface area contributed by atoms with Crippen LogP contribution in [0.15, 0.2) is 29.2 Å². The van der Waals surface area contributed by atoms with Gasteiger partial charge in [0.2, 0.25) is 0 Å². The summed E-state index contributed by atoms with van der Waals surface area (Å²) in [6.45, 7) is 6.34. The molecule has 0 saturated carbocycles. The minimum Gasteiger partial charge on any atom is -0.323 e. The fourth-order valence-electron chi connectivity index (χ4n) is 1.51. The van der Waals surface area contributed by atoms with Gasteiger partial charge in [-0.1, -0.05) is 24.1 Å². The lowest BCUT2D eigenvalue weighted by atomic mass is 9.97. The van der Waals surface area contributed by atoms with Crippen molar-refractivity contribution in [2.45, 2.75) is 38.1 Å². The van der Waals surface area contributed by atoms with E-state index >= 15 is 0 Å². The van der Waals surface area contributed by atoms with Crippen LogP contribution in [0.2, 0.25) is 0 Å². The minimum absolute atomic E-state index is 0.00787. The van der Waals surface area contributed by atoms with Gasteiger partial charge in [-0.15, -0.1) is 17.7 Å². The van der Waals surface area contributed by atoms with E-state index in [1.54, 1.807) is 11.8 Å². The second-order valence-corrected chi connectivity index (χ2v) is 5.95. The maximum Gasteiger partial charge on any atom is 0.0417 e. The van der Waals surface area contributed by atoms with Crippen molar-refractivity contribution in [3.63, 3.8) is 0 Å². The van der Waals surface area contributed by atoms with Crippen molar-refractivity contribution in [3.05, 3.63) is 29.8 Å². The number of hydrogen-bond acceptors (Lipinski definition) is 2. The quantitative estimate of drug-likeness (QED) is 0.648. The molecular weight excluding hydrogens is 226 g/mol. The summed E-state index contributed by atoms with van der Waals surface area (Å²) in [5.74, 6) is 6.41. The number of hydrogen-bond donors (Lipinski definition) is 1. The first-order valence-electron chi connectivity index (χ1n) is 5.82. The van der Waals surface area contributed by atoms with Crippen LogP contribution in [0.5, 0.6) is 0 Å². The molecule has 1 aromatic carbocycles. The first-order valence-corrected chi connectivity index (χ1v) is 7.05. The molecule has 0 spiro atoms. The van der Waals surface area contributed by atoms with Crippen molar-refractivity contribution >= 4 is 11.8 Å². The molecular formula is C15H21NS. The third-order valence-corrected chi connectivity index (χ3v) is 3.14. The Morgan fingerprint density at radius 2 is 1.94 bits per heavy atom. The van der Waals surface area contributed by atoms with Crippen LogP contribution in [0.1, 0.15) is 38.8 Å². The smallest absolute Gasteiger partial charge is 0.0417 e. The number of rotatable bonds is 3. The van der Waals surface area contributed by atoms with Gasteiger partial charge in [0.1, 0.15) is 0 Å². The van der Waals surface area contributed by atoms with Crippen molar-refractivity contribution < 1.29 is 0 Å². The standard InChI is InChI=1S/C15H21NS/c1-15(2,3)11-7-9-13(16)12-8-5-6-10-14(12)17-4/h5-6,8,10,13H,9,16H2,1-4H3. The van der Waals surface area contributed by atoms with E-state index in [4.69, 9.17) is 5.73 Å². The summed E-state index contributed by atoms with van der Waals surface area (Å²) in [5, 5.41) is 0. The number of nitrogens with two attached hydrogens (primary N) is 1. The zero-order valence-electron chi connectivity index (χ0n) is 11.1. The Morgan fingerprint density at radius 1 is 1.29 bits per heavy atom. The van der Waals surface area contributed by atoms with Crippen LogP contribution in [0.4, 0.5) is 0 Å². The highest BCUT2D eigenvalue weighted by Crippen LogP contribution is 2.25. The van der Waals surface area contributed by atoms with Crippen LogP contribution in [-0.2, 0) is 0 Å². The van der Waals surface area contributed by atoms with Gasteiger partial charge in [0.15, 0.2) is 0 Å². The van der Waals surface area contributed by atoms with E-state index in [1.165, 1.54) is 10.5 Å². The third-order valence-electron chi connectivity index (χ3n) is 2.32. The molecule has 0 radical (unpaired) electrons. The van der Waals surface area contributed by atoms with Gasteiger partial charge in [0.25, 0.3) is 0 Å². The van der Waals surface area contributed by atoms with Crippen molar-refractivity contribution in [2.75, 3.05) is 6.26 Å². The van der Waals surface area contributed by atoms with Gasteiger partial charge in [-0.3, -0.25) is 0 Å². The molecule has 2 N–H and O–H groups in total. The first kappa shape index (κ1) is 14.2.